The highest BCUT2D eigenvalue weighted by atomic mass is 79.9. The van der Waals surface area contributed by atoms with Crippen LogP contribution >= 0.6 is 27.7 Å². The van der Waals surface area contributed by atoms with Crippen LogP contribution in [0.5, 0.6) is 0 Å². The van der Waals surface area contributed by atoms with Crippen LogP contribution in [0.25, 0.3) is 0 Å². The monoisotopic (exact) mass is 463 g/mol. The number of carbonyl (C=O) groups excluding carboxylic acids is 2. The zero-order chi connectivity index (χ0) is 20.5. The zero-order valence-electron chi connectivity index (χ0n) is 16.4. The predicted molar refractivity (Wildman–Crippen MR) is 122 cm³/mol. The molecule has 0 aliphatic carbocycles. The van der Waals surface area contributed by atoms with E-state index in [1.165, 1.54) is 0 Å². The molecule has 5 nitrogen and oxygen atoms in total. The molecule has 28 heavy (non-hydrogen) atoms. The van der Waals surface area contributed by atoms with Crippen LogP contribution in [0, 0.1) is 0 Å². The lowest BCUT2D eigenvalue weighted by atomic mass is 10.1. The molecule has 0 heterocycles. The fourth-order valence-corrected chi connectivity index (χ4v) is 3.56. The largest absolute Gasteiger partial charge is 0.375 e. The molecule has 0 saturated carbocycles. The first-order chi connectivity index (χ1) is 13.5. The van der Waals surface area contributed by atoms with Crippen LogP contribution < -0.4 is 15.5 Å². The van der Waals surface area contributed by atoms with Crippen molar-refractivity contribution in [2.24, 2.45) is 0 Å². The lowest BCUT2D eigenvalue weighted by Crippen LogP contribution is -2.44. The second kappa shape index (κ2) is 11.1. The Kier molecular flexibility index (Phi) is 8.86. The fourth-order valence-electron chi connectivity index (χ4n) is 2.62. The summed E-state index contributed by atoms with van der Waals surface area (Å²) in [5.41, 5.74) is 2.25. The van der Waals surface area contributed by atoms with E-state index in [0.717, 1.165) is 18.0 Å². The van der Waals surface area contributed by atoms with Crippen molar-refractivity contribution in [1.82, 2.24) is 5.32 Å². The average Bonchev–Trinajstić information content (AvgIpc) is 2.70. The quantitative estimate of drug-likeness (QED) is 0.578. The standard InChI is InChI=1S/C21H26BrN3O2S/c1-4-25(2)16-9-7-8-15(14-16)23-21(27)19(12-13-28-3)24-20(26)17-10-5-6-11-18(17)22/h5-11,14,19H,4,12-13H2,1-3H3,(H,23,27)(H,24,26). The molecule has 1 atom stereocenters. The van der Waals surface area contributed by atoms with E-state index in [1.54, 1.807) is 23.9 Å². The molecule has 0 radical (unpaired) electrons. The van der Waals surface area contributed by atoms with Crippen molar-refractivity contribution >= 4 is 50.9 Å². The molecule has 2 N–H and O–H groups in total. The van der Waals surface area contributed by atoms with Gasteiger partial charge in [-0.3, -0.25) is 9.59 Å². The molecular weight excluding hydrogens is 438 g/mol. The maximum atomic E-state index is 12.9. The van der Waals surface area contributed by atoms with Crippen molar-refractivity contribution < 1.29 is 9.59 Å². The summed E-state index contributed by atoms with van der Waals surface area (Å²) in [6.45, 7) is 2.94. The highest BCUT2D eigenvalue weighted by Crippen LogP contribution is 2.19. The van der Waals surface area contributed by atoms with E-state index >= 15 is 0 Å². The van der Waals surface area contributed by atoms with Gasteiger partial charge in [0.2, 0.25) is 5.91 Å². The van der Waals surface area contributed by atoms with Gasteiger partial charge in [-0.25, -0.2) is 0 Å². The van der Waals surface area contributed by atoms with Crippen molar-refractivity contribution in [1.29, 1.82) is 0 Å². The molecule has 2 rings (SSSR count). The normalized spacial score (nSPS) is 11.6. The molecule has 2 amide bonds. The van der Waals surface area contributed by atoms with Gasteiger partial charge in [0.05, 0.1) is 5.56 Å². The summed E-state index contributed by atoms with van der Waals surface area (Å²) in [5.74, 6) is 0.284. The smallest absolute Gasteiger partial charge is 0.253 e. The minimum absolute atomic E-state index is 0.217. The molecule has 0 aliphatic rings. The van der Waals surface area contributed by atoms with Crippen molar-refractivity contribution in [2.45, 2.75) is 19.4 Å². The van der Waals surface area contributed by atoms with E-state index in [0.29, 0.717) is 22.1 Å². The molecule has 0 spiro atoms. The van der Waals surface area contributed by atoms with E-state index in [-0.39, 0.29) is 11.8 Å². The summed E-state index contributed by atoms with van der Waals surface area (Å²) in [7, 11) is 2.00. The Labute approximate surface area is 179 Å². The van der Waals surface area contributed by atoms with Crippen molar-refractivity contribution in [3.63, 3.8) is 0 Å². The third kappa shape index (κ3) is 6.27. The number of nitrogens with one attached hydrogen (secondary N) is 2. The molecule has 0 aromatic heterocycles. The van der Waals surface area contributed by atoms with Crippen LogP contribution in [0.4, 0.5) is 11.4 Å². The van der Waals surface area contributed by atoms with Gasteiger partial charge in [0.25, 0.3) is 5.91 Å². The lowest BCUT2D eigenvalue weighted by molar-refractivity contribution is -0.118. The van der Waals surface area contributed by atoms with Gasteiger partial charge in [0, 0.05) is 29.4 Å². The number of hydrogen-bond donors (Lipinski definition) is 2. The summed E-state index contributed by atoms with van der Waals surface area (Å²) >= 11 is 5.03. The molecule has 2 aromatic carbocycles. The maximum Gasteiger partial charge on any atom is 0.253 e. The second-order valence-electron chi connectivity index (χ2n) is 6.34. The minimum atomic E-state index is -0.611. The van der Waals surface area contributed by atoms with Crippen LogP contribution in [0.15, 0.2) is 53.0 Å². The first-order valence-electron chi connectivity index (χ1n) is 9.12. The molecule has 0 aliphatic heterocycles. The summed E-state index contributed by atoms with van der Waals surface area (Å²) < 4.78 is 0.701. The van der Waals surface area contributed by atoms with Gasteiger partial charge in [-0.2, -0.15) is 11.8 Å². The number of anilines is 2. The van der Waals surface area contributed by atoms with Gasteiger partial charge >= 0.3 is 0 Å². The molecule has 0 fully saturated rings. The predicted octanol–water partition coefficient (Wildman–Crippen LogP) is 4.40. The number of halogens is 1. The Balaban J connectivity index is 2.12. The van der Waals surface area contributed by atoms with E-state index < -0.39 is 6.04 Å². The Morgan fingerprint density at radius 1 is 1.18 bits per heavy atom. The average molecular weight is 464 g/mol. The van der Waals surface area contributed by atoms with E-state index in [4.69, 9.17) is 0 Å². The Morgan fingerprint density at radius 3 is 2.61 bits per heavy atom. The molecule has 7 heteroatoms. The van der Waals surface area contributed by atoms with Gasteiger partial charge < -0.3 is 15.5 Å². The van der Waals surface area contributed by atoms with Gasteiger partial charge in [-0.1, -0.05) is 18.2 Å². The SMILES string of the molecule is CCN(C)c1cccc(NC(=O)C(CCSC)NC(=O)c2ccccc2Br)c1. The van der Waals surface area contributed by atoms with Gasteiger partial charge in [0.1, 0.15) is 6.04 Å². The lowest BCUT2D eigenvalue weighted by Gasteiger charge is -2.20. The van der Waals surface area contributed by atoms with Gasteiger partial charge in [-0.15, -0.1) is 0 Å². The Morgan fingerprint density at radius 2 is 1.93 bits per heavy atom. The van der Waals surface area contributed by atoms with Crippen LogP contribution in [-0.2, 0) is 4.79 Å². The van der Waals surface area contributed by atoms with Crippen LogP contribution in [-0.4, -0.2) is 43.5 Å². The first-order valence-corrected chi connectivity index (χ1v) is 11.3. The van der Waals surface area contributed by atoms with Crippen LogP contribution in [0.1, 0.15) is 23.7 Å². The number of thioether (sulfide) groups is 1. The van der Waals surface area contributed by atoms with Crippen molar-refractivity contribution in [2.75, 3.05) is 35.8 Å². The van der Waals surface area contributed by atoms with Gasteiger partial charge in [-0.05, 0) is 71.6 Å². The number of nitrogens with zero attached hydrogens (tertiary/aromatic N) is 1. The summed E-state index contributed by atoms with van der Waals surface area (Å²) in [6, 6.07) is 14.3. The van der Waals surface area contributed by atoms with Crippen molar-refractivity contribution in [3.05, 3.63) is 58.6 Å². The van der Waals surface area contributed by atoms with E-state index in [1.807, 2.05) is 49.7 Å². The summed E-state index contributed by atoms with van der Waals surface area (Å²) in [5, 5.41) is 5.81. The summed E-state index contributed by atoms with van der Waals surface area (Å²) in [4.78, 5) is 27.6. The molecule has 0 saturated heterocycles. The zero-order valence-corrected chi connectivity index (χ0v) is 18.8. The molecule has 150 valence electrons. The van der Waals surface area contributed by atoms with Crippen LogP contribution in [0.3, 0.4) is 0 Å². The highest BCUT2D eigenvalue weighted by molar-refractivity contribution is 9.10. The molecule has 0 bridgehead atoms. The van der Waals surface area contributed by atoms with E-state index in [2.05, 4.69) is 38.4 Å². The number of rotatable bonds is 9. The summed E-state index contributed by atoms with van der Waals surface area (Å²) in [6.07, 6.45) is 2.53. The number of carbonyl (C=O) groups is 2. The van der Waals surface area contributed by atoms with Crippen molar-refractivity contribution in [3.8, 4) is 0 Å². The fraction of sp³-hybridized carbons (Fsp3) is 0.333. The van der Waals surface area contributed by atoms with E-state index in [9.17, 15) is 9.59 Å². The minimum Gasteiger partial charge on any atom is -0.375 e. The third-order valence-corrected chi connectivity index (χ3v) is 5.72. The second-order valence-corrected chi connectivity index (χ2v) is 8.18. The molecular formula is C21H26BrN3O2S. The number of benzene rings is 2. The Bertz CT molecular complexity index is 816. The first kappa shape index (κ1) is 22.3. The maximum absolute atomic E-state index is 12.9. The topological polar surface area (TPSA) is 61.4 Å². The number of hydrogen-bond acceptors (Lipinski definition) is 4. The third-order valence-electron chi connectivity index (χ3n) is 4.38. The highest BCUT2D eigenvalue weighted by Gasteiger charge is 2.22. The van der Waals surface area contributed by atoms with Gasteiger partial charge in [0.15, 0.2) is 0 Å². The van der Waals surface area contributed by atoms with Crippen LogP contribution in [0.2, 0.25) is 0 Å². The number of amides is 2. The molecule has 2 aromatic rings. The molecule has 1 unspecified atom stereocenters. The Hall–Kier alpha value is -1.99.